The molecule has 1 aromatic carbocycles. The van der Waals surface area contributed by atoms with E-state index in [1.807, 2.05) is 0 Å². The molecule has 2 aliphatic rings. The number of hydrogen-bond acceptors (Lipinski definition) is 4. The van der Waals surface area contributed by atoms with Crippen LogP contribution in [0.25, 0.3) is 0 Å². The lowest BCUT2D eigenvalue weighted by Crippen LogP contribution is -2.43. The van der Waals surface area contributed by atoms with E-state index in [2.05, 4.69) is 10.3 Å². The summed E-state index contributed by atoms with van der Waals surface area (Å²) in [7, 11) is -3.86. The number of hydrogen-bond donors (Lipinski definition) is 2. The Morgan fingerprint density at radius 3 is 2.59 bits per heavy atom. The smallest absolute Gasteiger partial charge is 0.270 e. The minimum atomic E-state index is -3.86. The Labute approximate surface area is 186 Å². The van der Waals surface area contributed by atoms with Gasteiger partial charge in [-0.15, -0.1) is 0 Å². The maximum Gasteiger partial charge on any atom is 0.270 e. The van der Waals surface area contributed by atoms with Crippen molar-refractivity contribution >= 4 is 27.5 Å². The lowest BCUT2D eigenvalue weighted by molar-refractivity contribution is -0.120. The van der Waals surface area contributed by atoms with Crippen LogP contribution in [-0.4, -0.2) is 60.6 Å². The molecule has 0 aliphatic carbocycles. The van der Waals surface area contributed by atoms with E-state index in [0.717, 1.165) is 19.3 Å². The van der Waals surface area contributed by atoms with E-state index in [4.69, 9.17) is 0 Å². The number of aromatic amines is 1. The molecular weight excluding hydrogens is 435 g/mol. The van der Waals surface area contributed by atoms with E-state index in [1.165, 1.54) is 34.8 Å². The number of nitrogens with zero attached hydrogens (tertiary/aromatic N) is 2. The summed E-state index contributed by atoms with van der Waals surface area (Å²) in [5.74, 6) is -1.55. The van der Waals surface area contributed by atoms with Gasteiger partial charge in [0, 0.05) is 38.1 Å². The highest BCUT2D eigenvalue weighted by atomic mass is 32.2. The van der Waals surface area contributed by atoms with Gasteiger partial charge in [0.05, 0.1) is 5.92 Å². The van der Waals surface area contributed by atoms with Crippen LogP contribution in [0.4, 0.5) is 10.1 Å². The Morgan fingerprint density at radius 1 is 1.06 bits per heavy atom. The van der Waals surface area contributed by atoms with Gasteiger partial charge >= 0.3 is 0 Å². The minimum Gasteiger partial charge on any atom is -0.356 e. The second-order valence-corrected chi connectivity index (χ2v) is 10.2. The lowest BCUT2D eigenvalue weighted by atomic mass is 9.99. The van der Waals surface area contributed by atoms with Gasteiger partial charge in [0.2, 0.25) is 15.9 Å². The van der Waals surface area contributed by atoms with Crippen LogP contribution in [0, 0.1) is 11.7 Å². The second kappa shape index (κ2) is 9.41. The first kappa shape index (κ1) is 22.5. The summed E-state index contributed by atoms with van der Waals surface area (Å²) in [6.45, 7) is 1.68. The number of carbonyl (C=O) groups is 2. The minimum absolute atomic E-state index is 0.0176. The Kier molecular flexibility index (Phi) is 6.61. The van der Waals surface area contributed by atoms with Crippen LogP contribution in [0.5, 0.6) is 0 Å². The summed E-state index contributed by atoms with van der Waals surface area (Å²) >= 11 is 0. The number of amides is 2. The van der Waals surface area contributed by atoms with Crippen molar-refractivity contribution in [2.45, 2.75) is 37.0 Å². The monoisotopic (exact) mass is 462 g/mol. The highest BCUT2D eigenvalue weighted by Crippen LogP contribution is 2.26. The number of halogens is 1. The quantitative estimate of drug-likeness (QED) is 0.713. The summed E-state index contributed by atoms with van der Waals surface area (Å²) < 4.78 is 41.0. The van der Waals surface area contributed by atoms with Crippen molar-refractivity contribution in [3.63, 3.8) is 0 Å². The molecule has 172 valence electrons. The maximum absolute atomic E-state index is 13.4. The van der Waals surface area contributed by atoms with Crippen molar-refractivity contribution in [1.82, 2.24) is 14.2 Å². The molecule has 2 N–H and O–H groups in total. The summed E-state index contributed by atoms with van der Waals surface area (Å²) in [5.41, 5.74) is 0.587. The first-order valence-corrected chi connectivity index (χ1v) is 12.3. The number of piperidine rings is 2. The summed E-state index contributed by atoms with van der Waals surface area (Å²) in [4.78, 5) is 29.9. The van der Waals surface area contributed by atoms with Crippen LogP contribution in [0.15, 0.2) is 41.4 Å². The van der Waals surface area contributed by atoms with Gasteiger partial charge in [-0.2, -0.15) is 4.31 Å². The molecule has 2 amide bonds. The van der Waals surface area contributed by atoms with Crippen molar-refractivity contribution in [1.29, 1.82) is 0 Å². The molecule has 1 unspecified atom stereocenters. The number of anilines is 1. The fourth-order valence-corrected chi connectivity index (χ4v) is 5.77. The Hall–Kier alpha value is -2.72. The molecule has 2 aromatic rings. The van der Waals surface area contributed by atoms with E-state index in [9.17, 15) is 22.4 Å². The average Bonchev–Trinajstić information content (AvgIpc) is 3.30. The van der Waals surface area contributed by atoms with Crippen LogP contribution in [0.2, 0.25) is 0 Å². The number of carbonyl (C=O) groups excluding carboxylic acids is 2. The predicted molar refractivity (Wildman–Crippen MR) is 117 cm³/mol. The van der Waals surface area contributed by atoms with Crippen molar-refractivity contribution in [3.05, 3.63) is 48.0 Å². The van der Waals surface area contributed by atoms with Crippen LogP contribution in [0.3, 0.4) is 0 Å². The van der Waals surface area contributed by atoms with Gasteiger partial charge in [-0.3, -0.25) is 9.59 Å². The van der Waals surface area contributed by atoms with E-state index in [-0.39, 0.29) is 28.9 Å². The van der Waals surface area contributed by atoms with E-state index >= 15 is 0 Å². The van der Waals surface area contributed by atoms with Crippen LogP contribution >= 0.6 is 0 Å². The standard InChI is InChI=1S/C22H27FN4O4S/c23-17-7-4-8-18(12-17)25-21(28)16-6-5-11-27(15-16)32(30,31)19-13-20(24-14-19)22(29)26-9-2-1-3-10-26/h4,7-8,12-14,16,24H,1-3,5-6,9-11,15H2,(H,25,28). The second-order valence-electron chi connectivity index (χ2n) is 8.30. The van der Waals surface area contributed by atoms with Gasteiger partial charge in [-0.05, 0) is 56.4 Å². The topological polar surface area (TPSA) is 103 Å². The zero-order valence-electron chi connectivity index (χ0n) is 17.7. The third-order valence-electron chi connectivity index (χ3n) is 6.02. The zero-order chi connectivity index (χ0) is 22.7. The van der Waals surface area contributed by atoms with E-state index in [1.54, 1.807) is 11.0 Å². The lowest BCUT2D eigenvalue weighted by Gasteiger charge is -2.31. The highest BCUT2D eigenvalue weighted by Gasteiger charge is 2.34. The van der Waals surface area contributed by atoms with E-state index < -0.39 is 21.8 Å². The van der Waals surface area contributed by atoms with Crippen LogP contribution in [-0.2, 0) is 14.8 Å². The molecule has 2 saturated heterocycles. The van der Waals surface area contributed by atoms with Gasteiger partial charge in [-0.1, -0.05) is 6.07 Å². The molecule has 1 aromatic heterocycles. The SMILES string of the molecule is O=C(Nc1cccc(F)c1)C1CCCN(S(=O)(=O)c2c[nH]c(C(=O)N3CCCCC3)c2)C1. The average molecular weight is 463 g/mol. The van der Waals surface area contributed by atoms with Gasteiger partial charge in [-0.25, -0.2) is 12.8 Å². The number of aromatic nitrogens is 1. The Balaban J connectivity index is 1.44. The van der Waals surface area contributed by atoms with Crippen molar-refractivity contribution in [3.8, 4) is 0 Å². The number of rotatable bonds is 5. The van der Waals surface area contributed by atoms with Crippen LogP contribution < -0.4 is 5.32 Å². The zero-order valence-corrected chi connectivity index (χ0v) is 18.5. The van der Waals surface area contributed by atoms with Crippen molar-refractivity contribution in [2.24, 2.45) is 5.92 Å². The van der Waals surface area contributed by atoms with Gasteiger partial charge in [0.15, 0.2) is 0 Å². The molecule has 2 fully saturated rings. The number of sulfonamides is 1. The molecule has 0 saturated carbocycles. The van der Waals surface area contributed by atoms with Crippen molar-refractivity contribution < 1.29 is 22.4 Å². The van der Waals surface area contributed by atoms with Crippen molar-refractivity contribution in [2.75, 3.05) is 31.5 Å². The van der Waals surface area contributed by atoms with Gasteiger partial charge < -0.3 is 15.2 Å². The molecule has 0 radical (unpaired) electrons. The number of likely N-dealkylation sites (tertiary alicyclic amines) is 1. The third-order valence-corrected chi connectivity index (χ3v) is 7.86. The fourth-order valence-electron chi connectivity index (χ4n) is 4.25. The molecule has 2 aliphatic heterocycles. The normalized spacial score (nSPS) is 20.2. The number of nitrogens with one attached hydrogen (secondary N) is 2. The summed E-state index contributed by atoms with van der Waals surface area (Å²) in [6.07, 6.45) is 5.40. The highest BCUT2D eigenvalue weighted by molar-refractivity contribution is 7.89. The molecule has 10 heteroatoms. The molecule has 32 heavy (non-hydrogen) atoms. The number of H-pyrrole nitrogens is 1. The maximum atomic E-state index is 13.4. The van der Waals surface area contributed by atoms with Crippen LogP contribution in [0.1, 0.15) is 42.6 Å². The first-order chi connectivity index (χ1) is 15.3. The largest absolute Gasteiger partial charge is 0.356 e. The summed E-state index contributed by atoms with van der Waals surface area (Å²) in [5, 5.41) is 2.66. The molecule has 1 atom stereocenters. The summed E-state index contributed by atoms with van der Waals surface area (Å²) in [6, 6.07) is 6.96. The van der Waals surface area contributed by atoms with E-state index in [0.29, 0.717) is 38.2 Å². The molecule has 0 spiro atoms. The Morgan fingerprint density at radius 2 is 1.84 bits per heavy atom. The van der Waals surface area contributed by atoms with Gasteiger partial charge in [0.1, 0.15) is 16.4 Å². The first-order valence-electron chi connectivity index (χ1n) is 10.9. The molecular formula is C22H27FN4O4S. The van der Waals surface area contributed by atoms with Gasteiger partial charge in [0.25, 0.3) is 5.91 Å². The molecule has 8 nitrogen and oxygen atoms in total. The molecule has 0 bridgehead atoms. The fraction of sp³-hybridized carbons (Fsp3) is 0.455. The Bertz CT molecular complexity index is 1090. The third kappa shape index (κ3) is 4.86. The predicted octanol–water partition coefficient (Wildman–Crippen LogP) is 2.82. The molecule has 4 rings (SSSR count). The molecule has 3 heterocycles. The number of benzene rings is 1.